The molecule has 0 aliphatic carbocycles. The molecule has 0 rings (SSSR count). The lowest BCUT2D eigenvalue weighted by Gasteiger charge is -2.07. The minimum absolute atomic E-state index is 0.272. The van der Waals surface area contributed by atoms with Crippen LogP contribution < -0.4 is 10.6 Å². The van der Waals surface area contributed by atoms with Crippen LogP contribution in [-0.4, -0.2) is 38.1 Å². The van der Waals surface area contributed by atoms with Crippen molar-refractivity contribution in [2.45, 2.75) is 13.3 Å². The molecule has 0 unspecified atom stereocenters. The molecule has 0 radical (unpaired) electrons. The van der Waals surface area contributed by atoms with Crippen molar-refractivity contribution in [3.63, 3.8) is 0 Å². The Balaban J connectivity index is 3.31. The lowest BCUT2D eigenvalue weighted by atomic mass is 10.4. The molecular formula is C8H16N2O3S. The molecule has 0 bridgehead atoms. The van der Waals surface area contributed by atoms with Gasteiger partial charge in [0, 0.05) is 19.8 Å². The first-order valence-electron chi connectivity index (χ1n) is 4.41. The summed E-state index contributed by atoms with van der Waals surface area (Å²) >= 11 is 4.81. The van der Waals surface area contributed by atoms with Gasteiger partial charge >= 0.3 is 6.09 Å². The molecule has 0 aromatic rings. The van der Waals surface area contributed by atoms with Crippen LogP contribution in [0, 0.1) is 0 Å². The Morgan fingerprint density at radius 1 is 1.50 bits per heavy atom. The Bertz CT molecular complexity index is 187. The predicted molar refractivity (Wildman–Crippen MR) is 57.3 cm³/mol. The second-order valence-electron chi connectivity index (χ2n) is 2.42. The van der Waals surface area contributed by atoms with Crippen molar-refractivity contribution < 1.29 is 14.3 Å². The van der Waals surface area contributed by atoms with Crippen LogP contribution in [-0.2, 0) is 9.47 Å². The van der Waals surface area contributed by atoms with Crippen molar-refractivity contribution >= 4 is 23.4 Å². The molecule has 5 nitrogen and oxygen atoms in total. The van der Waals surface area contributed by atoms with Crippen molar-refractivity contribution in [3.05, 3.63) is 0 Å². The third kappa shape index (κ3) is 7.75. The smallest absolute Gasteiger partial charge is 0.413 e. The molecule has 0 atom stereocenters. The first kappa shape index (κ1) is 13.1. The Labute approximate surface area is 89.1 Å². The van der Waals surface area contributed by atoms with Crippen LogP contribution in [0.3, 0.4) is 0 Å². The summed E-state index contributed by atoms with van der Waals surface area (Å²) in [6.45, 7) is 4.01. The van der Waals surface area contributed by atoms with Crippen LogP contribution in [0.4, 0.5) is 4.79 Å². The fourth-order valence-electron chi connectivity index (χ4n) is 0.708. The second-order valence-corrected chi connectivity index (χ2v) is 2.83. The summed E-state index contributed by atoms with van der Waals surface area (Å²) in [5.41, 5.74) is 0. The Hall–Kier alpha value is -0.880. The first-order chi connectivity index (χ1) is 6.70. The van der Waals surface area contributed by atoms with E-state index in [0.717, 1.165) is 6.42 Å². The fraction of sp³-hybridized carbons (Fsp3) is 0.750. The fourth-order valence-corrected chi connectivity index (χ4v) is 0.894. The molecule has 0 fully saturated rings. The van der Waals surface area contributed by atoms with E-state index in [1.54, 1.807) is 0 Å². The minimum atomic E-state index is -0.563. The van der Waals surface area contributed by atoms with Gasteiger partial charge in [0.2, 0.25) is 0 Å². The molecule has 0 saturated heterocycles. The average Bonchev–Trinajstić information content (AvgIpc) is 2.17. The first-order valence-corrected chi connectivity index (χ1v) is 4.82. The van der Waals surface area contributed by atoms with Gasteiger partial charge in [0.1, 0.15) is 0 Å². The summed E-state index contributed by atoms with van der Waals surface area (Å²) < 4.78 is 9.49. The highest BCUT2D eigenvalue weighted by Crippen LogP contribution is 1.80. The molecule has 2 N–H and O–H groups in total. The van der Waals surface area contributed by atoms with Gasteiger partial charge in [-0.05, 0) is 25.6 Å². The van der Waals surface area contributed by atoms with Crippen LogP contribution in [0.2, 0.25) is 0 Å². The quantitative estimate of drug-likeness (QED) is 0.526. The van der Waals surface area contributed by atoms with Gasteiger partial charge in [0.15, 0.2) is 5.11 Å². The van der Waals surface area contributed by atoms with Gasteiger partial charge in [-0.2, -0.15) is 0 Å². The van der Waals surface area contributed by atoms with E-state index in [2.05, 4.69) is 15.4 Å². The molecule has 1 amide bonds. The van der Waals surface area contributed by atoms with Crippen LogP contribution in [0.15, 0.2) is 0 Å². The van der Waals surface area contributed by atoms with Gasteiger partial charge < -0.3 is 14.8 Å². The monoisotopic (exact) mass is 220 g/mol. The number of methoxy groups -OCH3 is 1. The maximum Gasteiger partial charge on any atom is 0.413 e. The lowest BCUT2D eigenvalue weighted by molar-refractivity contribution is 0.145. The summed E-state index contributed by atoms with van der Waals surface area (Å²) in [7, 11) is 1.28. The predicted octanol–water partition coefficient (Wildman–Crippen LogP) is 0.644. The molecule has 0 spiro atoms. The Morgan fingerprint density at radius 3 is 2.79 bits per heavy atom. The number of rotatable bonds is 5. The number of nitrogens with one attached hydrogen (secondary N) is 2. The number of hydrogen-bond donors (Lipinski definition) is 2. The van der Waals surface area contributed by atoms with E-state index in [9.17, 15) is 4.79 Å². The van der Waals surface area contributed by atoms with Crippen molar-refractivity contribution in [1.82, 2.24) is 10.6 Å². The zero-order valence-corrected chi connectivity index (χ0v) is 9.28. The summed E-state index contributed by atoms with van der Waals surface area (Å²) in [4.78, 5) is 10.7. The van der Waals surface area contributed by atoms with E-state index in [4.69, 9.17) is 17.0 Å². The number of hydrogen-bond acceptors (Lipinski definition) is 4. The number of alkyl carbamates (subject to hydrolysis) is 1. The molecule has 14 heavy (non-hydrogen) atoms. The van der Waals surface area contributed by atoms with Gasteiger partial charge in [-0.3, -0.25) is 5.32 Å². The number of amides is 1. The average molecular weight is 220 g/mol. The topological polar surface area (TPSA) is 59.6 Å². The van der Waals surface area contributed by atoms with Crippen molar-refractivity contribution in [2.75, 3.05) is 26.9 Å². The minimum Gasteiger partial charge on any atom is -0.453 e. The normalized spacial score (nSPS) is 9.29. The summed E-state index contributed by atoms with van der Waals surface area (Å²) in [6, 6.07) is 0. The molecule has 0 aliphatic rings. The van der Waals surface area contributed by atoms with E-state index in [0.29, 0.717) is 19.8 Å². The van der Waals surface area contributed by atoms with Crippen LogP contribution in [0.25, 0.3) is 0 Å². The lowest BCUT2D eigenvalue weighted by Crippen LogP contribution is -2.39. The highest BCUT2D eigenvalue weighted by molar-refractivity contribution is 7.80. The highest BCUT2D eigenvalue weighted by Gasteiger charge is 2.01. The maximum atomic E-state index is 10.7. The van der Waals surface area contributed by atoms with E-state index < -0.39 is 6.09 Å². The standard InChI is InChI=1S/C8H16N2O3S/c1-3-13-6-4-5-9-7(14)10-8(11)12-2/h3-6H2,1-2H3,(H2,9,10,11,14). The van der Waals surface area contributed by atoms with Crippen molar-refractivity contribution in [2.24, 2.45) is 0 Å². The van der Waals surface area contributed by atoms with Crippen LogP contribution >= 0.6 is 12.2 Å². The van der Waals surface area contributed by atoms with E-state index >= 15 is 0 Å². The molecule has 6 heteroatoms. The summed E-state index contributed by atoms with van der Waals surface area (Å²) in [5, 5.41) is 5.46. The SMILES string of the molecule is CCOCCCNC(=S)NC(=O)OC. The van der Waals surface area contributed by atoms with Gasteiger partial charge in [0.05, 0.1) is 7.11 Å². The Kier molecular flexibility index (Phi) is 8.16. The highest BCUT2D eigenvalue weighted by atomic mass is 32.1. The molecular weight excluding hydrogens is 204 g/mol. The van der Waals surface area contributed by atoms with E-state index in [1.165, 1.54) is 7.11 Å². The molecule has 0 aliphatic heterocycles. The van der Waals surface area contributed by atoms with Gasteiger partial charge in [-0.25, -0.2) is 4.79 Å². The van der Waals surface area contributed by atoms with Crippen molar-refractivity contribution in [1.29, 1.82) is 0 Å². The number of carbonyl (C=O) groups excluding carboxylic acids is 1. The summed E-state index contributed by atoms with van der Waals surface area (Å²) in [6.07, 6.45) is 0.281. The molecule has 0 heterocycles. The molecule has 82 valence electrons. The number of carbonyl (C=O) groups is 1. The zero-order chi connectivity index (χ0) is 10.8. The summed E-state index contributed by atoms with van der Waals surface area (Å²) in [5.74, 6) is 0. The van der Waals surface area contributed by atoms with Gasteiger partial charge in [-0.1, -0.05) is 0 Å². The van der Waals surface area contributed by atoms with Crippen molar-refractivity contribution in [3.8, 4) is 0 Å². The van der Waals surface area contributed by atoms with Gasteiger partial charge in [-0.15, -0.1) is 0 Å². The van der Waals surface area contributed by atoms with Gasteiger partial charge in [0.25, 0.3) is 0 Å². The number of thiocarbonyl (C=S) groups is 1. The molecule has 0 saturated carbocycles. The largest absolute Gasteiger partial charge is 0.453 e. The third-order valence-corrected chi connectivity index (χ3v) is 1.60. The van der Waals surface area contributed by atoms with E-state index in [1.807, 2.05) is 6.92 Å². The molecule has 0 aromatic heterocycles. The second kappa shape index (κ2) is 8.71. The zero-order valence-electron chi connectivity index (χ0n) is 8.46. The molecule has 0 aromatic carbocycles. The van der Waals surface area contributed by atoms with Crippen LogP contribution in [0.1, 0.15) is 13.3 Å². The Morgan fingerprint density at radius 2 is 2.21 bits per heavy atom. The van der Waals surface area contributed by atoms with E-state index in [-0.39, 0.29) is 5.11 Å². The number of ether oxygens (including phenoxy) is 2. The maximum absolute atomic E-state index is 10.7. The third-order valence-electron chi connectivity index (χ3n) is 1.36. The van der Waals surface area contributed by atoms with Crippen LogP contribution in [0.5, 0.6) is 0 Å².